The van der Waals surface area contributed by atoms with Crippen LogP contribution < -0.4 is 5.73 Å². The minimum Gasteiger partial charge on any atom is -0.325 e. The van der Waals surface area contributed by atoms with E-state index in [1.165, 1.54) is 0 Å². The number of rotatable bonds is 1. The fourth-order valence-electron chi connectivity index (χ4n) is 2.26. The molecule has 2 N–H and O–H groups in total. The van der Waals surface area contributed by atoms with Crippen molar-refractivity contribution in [2.24, 2.45) is 17.6 Å². The van der Waals surface area contributed by atoms with Crippen LogP contribution in [0.15, 0.2) is 0 Å². The Balaban J connectivity index is 2.11. The van der Waals surface area contributed by atoms with E-state index in [9.17, 15) is 8.42 Å². The molecule has 0 aromatic heterocycles. The van der Waals surface area contributed by atoms with Gasteiger partial charge in [0.1, 0.15) is 0 Å². The van der Waals surface area contributed by atoms with E-state index in [0.29, 0.717) is 17.4 Å². The molecule has 2 fully saturated rings. The molecule has 4 heteroatoms. The third-order valence-corrected chi connectivity index (χ3v) is 5.18. The Morgan fingerprint density at radius 3 is 2.42 bits per heavy atom. The standard InChI is InChI=1S/C8H15NO2S/c1-6-4-8(6,9)7-2-3-12(10,11)5-7/h6-7H,2-5,9H2,1H3. The van der Waals surface area contributed by atoms with E-state index >= 15 is 0 Å². The summed E-state index contributed by atoms with van der Waals surface area (Å²) in [6.45, 7) is 2.10. The Morgan fingerprint density at radius 1 is 1.50 bits per heavy atom. The van der Waals surface area contributed by atoms with Crippen molar-refractivity contribution in [3.63, 3.8) is 0 Å². The highest BCUT2D eigenvalue weighted by Crippen LogP contribution is 2.49. The normalized spacial score (nSPS) is 50.8. The summed E-state index contributed by atoms with van der Waals surface area (Å²) in [5, 5.41) is 0. The number of sulfone groups is 1. The Morgan fingerprint density at radius 2 is 2.08 bits per heavy atom. The summed E-state index contributed by atoms with van der Waals surface area (Å²) in [6.07, 6.45) is 1.79. The Labute approximate surface area is 73.2 Å². The molecule has 0 aromatic carbocycles. The molecule has 12 heavy (non-hydrogen) atoms. The smallest absolute Gasteiger partial charge is 0.150 e. The van der Waals surface area contributed by atoms with Gasteiger partial charge >= 0.3 is 0 Å². The topological polar surface area (TPSA) is 60.2 Å². The zero-order chi connectivity index (χ0) is 8.98. The molecule has 1 saturated heterocycles. The lowest BCUT2D eigenvalue weighted by Crippen LogP contribution is -2.35. The van der Waals surface area contributed by atoms with Crippen LogP contribution in [0.5, 0.6) is 0 Å². The molecular weight excluding hydrogens is 174 g/mol. The first-order valence-electron chi connectivity index (χ1n) is 4.43. The predicted octanol–water partition coefficient (Wildman–Crippen LogP) is 0.158. The average molecular weight is 189 g/mol. The van der Waals surface area contributed by atoms with Gasteiger partial charge in [-0.15, -0.1) is 0 Å². The molecule has 1 saturated carbocycles. The second-order valence-electron chi connectivity index (χ2n) is 4.32. The minimum atomic E-state index is -2.74. The third-order valence-electron chi connectivity index (χ3n) is 3.41. The zero-order valence-corrected chi connectivity index (χ0v) is 8.10. The van der Waals surface area contributed by atoms with Gasteiger partial charge in [-0.1, -0.05) is 6.92 Å². The van der Waals surface area contributed by atoms with Crippen molar-refractivity contribution in [1.82, 2.24) is 0 Å². The van der Waals surface area contributed by atoms with Gasteiger partial charge in [0.2, 0.25) is 0 Å². The maximum Gasteiger partial charge on any atom is 0.150 e. The van der Waals surface area contributed by atoms with Gasteiger partial charge in [0.15, 0.2) is 9.84 Å². The van der Waals surface area contributed by atoms with Gasteiger partial charge in [0, 0.05) is 5.54 Å². The van der Waals surface area contributed by atoms with E-state index in [0.717, 1.165) is 12.8 Å². The number of hydrogen-bond acceptors (Lipinski definition) is 3. The Bertz CT molecular complexity index is 298. The molecular formula is C8H15NO2S. The fourth-order valence-corrected chi connectivity index (χ4v) is 4.16. The largest absolute Gasteiger partial charge is 0.325 e. The Hall–Kier alpha value is -0.0900. The van der Waals surface area contributed by atoms with E-state index in [-0.39, 0.29) is 11.5 Å². The second-order valence-corrected chi connectivity index (χ2v) is 6.55. The van der Waals surface area contributed by atoms with Crippen molar-refractivity contribution in [3.05, 3.63) is 0 Å². The summed E-state index contributed by atoms with van der Waals surface area (Å²) in [5.41, 5.74) is 5.92. The van der Waals surface area contributed by atoms with E-state index in [4.69, 9.17) is 5.73 Å². The van der Waals surface area contributed by atoms with Crippen molar-refractivity contribution in [2.75, 3.05) is 11.5 Å². The van der Waals surface area contributed by atoms with Gasteiger partial charge in [0.25, 0.3) is 0 Å². The lowest BCUT2D eigenvalue weighted by molar-refractivity contribution is 0.421. The van der Waals surface area contributed by atoms with Gasteiger partial charge < -0.3 is 5.73 Å². The van der Waals surface area contributed by atoms with Crippen molar-refractivity contribution in [1.29, 1.82) is 0 Å². The molecule has 70 valence electrons. The summed E-state index contributed by atoms with van der Waals surface area (Å²) < 4.78 is 22.3. The van der Waals surface area contributed by atoms with Crippen LogP contribution in [0.3, 0.4) is 0 Å². The molecule has 1 aliphatic heterocycles. The summed E-state index contributed by atoms with van der Waals surface area (Å²) in [5.74, 6) is 1.44. The third kappa shape index (κ3) is 1.17. The highest BCUT2D eigenvalue weighted by atomic mass is 32.2. The molecule has 0 radical (unpaired) electrons. The van der Waals surface area contributed by atoms with Crippen LogP contribution in [0.1, 0.15) is 19.8 Å². The molecule has 1 aliphatic carbocycles. The first-order chi connectivity index (χ1) is 5.44. The summed E-state index contributed by atoms with van der Waals surface area (Å²) in [7, 11) is -2.74. The molecule has 3 unspecified atom stereocenters. The molecule has 0 amide bonds. The highest BCUT2D eigenvalue weighted by Gasteiger charge is 2.55. The maximum atomic E-state index is 11.2. The van der Waals surface area contributed by atoms with Crippen LogP contribution in [0.4, 0.5) is 0 Å². The van der Waals surface area contributed by atoms with Crippen LogP contribution in [-0.4, -0.2) is 25.5 Å². The summed E-state index contributed by atoms with van der Waals surface area (Å²) >= 11 is 0. The van der Waals surface area contributed by atoms with Crippen LogP contribution in [-0.2, 0) is 9.84 Å². The average Bonchev–Trinajstić information content (AvgIpc) is 2.41. The van der Waals surface area contributed by atoms with E-state index in [1.54, 1.807) is 0 Å². The second kappa shape index (κ2) is 2.23. The van der Waals surface area contributed by atoms with Gasteiger partial charge in [-0.25, -0.2) is 8.42 Å². The van der Waals surface area contributed by atoms with Crippen molar-refractivity contribution < 1.29 is 8.42 Å². The van der Waals surface area contributed by atoms with Crippen molar-refractivity contribution >= 4 is 9.84 Å². The predicted molar refractivity (Wildman–Crippen MR) is 47.5 cm³/mol. The first-order valence-corrected chi connectivity index (χ1v) is 6.25. The van der Waals surface area contributed by atoms with E-state index in [2.05, 4.69) is 6.92 Å². The van der Waals surface area contributed by atoms with Crippen LogP contribution in [0, 0.1) is 11.8 Å². The molecule has 2 rings (SSSR count). The van der Waals surface area contributed by atoms with Gasteiger partial charge in [-0.05, 0) is 24.7 Å². The van der Waals surface area contributed by atoms with Crippen LogP contribution in [0.2, 0.25) is 0 Å². The molecule has 3 nitrogen and oxygen atoms in total. The molecule has 0 aromatic rings. The van der Waals surface area contributed by atoms with Crippen LogP contribution in [0.25, 0.3) is 0 Å². The molecule has 3 atom stereocenters. The summed E-state index contributed by atoms with van der Waals surface area (Å²) in [4.78, 5) is 0. The summed E-state index contributed by atoms with van der Waals surface area (Å²) in [6, 6.07) is 0. The van der Waals surface area contributed by atoms with Gasteiger partial charge in [-0.3, -0.25) is 0 Å². The van der Waals surface area contributed by atoms with E-state index in [1.807, 2.05) is 0 Å². The van der Waals surface area contributed by atoms with Crippen LogP contribution >= 0.6 is 0 Å². The fraction of sp³-hybridized carbons (Fsp3) is 1.00. The molecule has 0 spiro atoms. The van der Waals surface area contributed by atoms with Gasteiger partial charge in [-0.2, -0.15) is 0 Å². The lowest BCUT2D eigenvalue weighted by atomic mass is 9.96. The maximum absolute atomic E-state index is 11.2. The first kappa shape index (κ1) is 8.51. The number of hydrogen-bond donors (Lipinski definition) is 1. The Kier molecular flexibility index (Phi) is 1.58. The molecule has 2 aliphatic rings. The van der Waals surface area contributed by atoms with E-state index < -0.39 is 9.84 Å². The SMILES string of the molecule is CC1CC1(N)C1CCS(=O)(=O)C1. The quantitative estimate of drug-likeness (QED) is 0.639. The minimum absolute atomic E-state index is 0.135. The number of nitrogens with two attached hydrogens (primary N) is 1. The monoisotopic (exact) mass is 189 g/mol. The van der Waals surface area contributed by atoms with Crippen molar-refractivity contribution in [3.8, 4) is 0 Å². The van der Waals surface area contributed by atoms with Crippen molar-refractivity contribution in [2.45, 2.75) is 25.3 Å². The molecule has 0 bridgehead atoms. The lowest BCUT2D eigenvalue weighted by Gasteiger charge is -2.16. The zero-order valence-electron chi connectivity index (χ0n) is 7.29. The highest BCUT2D eigenvalue weighted by molar-refractivity contribution is 7.91. The van der Waals surface area contributed by atoms with Gasteiger partial charge in [0.05, 0.1) is 11.5 Å². The molecule has 1 heterocycles.